The van der Waals surface area contributed by atoms with Crippen molar-refractivity contribution in [2.24, 2.45) is 5.92 Å². The Kier molecular flexibility index (Phi) is 14.5. The molecule has 250 valence electrons. The number of sulfone groups is 1. The normalized spacial score (nSPS) is 18.3. The number of carboxylic acids is 1. The lowest BCUT2D eigenvalue weighted by atomic mass is 9.93. The highest BCUT2D eigenvalue weighted by molar-refractivity contribution is 7.90. The van der Waals surface area contributed by atoms with Crippen LogP contribution in [0.2, 0.25) is 0 Å². The number of benzene rings is 2. The monoisotopic (exact) mass is 642 g/mol. The molecule has 1 saturated carbocycles. The van der Waals surface area contributed by atoms with Crippen molar-refractivity contribution in [3.8, 4) is 11.1 Å². The van der Waals surface area contributed by atoms with Crippen molar-refractivity contribution in [3.63, 3.8) is 0 Å². The van der Waals surface area contributed by atoms with Crippen molar-refractivity contribution < 1.29 is 27.9 Å². The first kappa shape index (κ1) is 36.7. The van der Waals surface area contributed by atoms with Gasteiger partial charge in [0.1, 0.15) is 15.9 Å². The van der Waals surface area contributed by atoms with E-state index in [0.29, 0.717) is 17.7 Å². The fraction of sp³-hybridized carbons (Fsp3) is 0.611. The fourth-order valence-corrected chi connectivity index (χ4v) is 6.48. The van der Waals surface area contributed by atoms with E-state index < -0.39 is 27.8 Å². The first-order chi connectivity index (χ1) is 21.4. The first-order valence-corrected chi connectivity index (χ1v) is 18.7. The number of hydrogen-bond acceptors (Lipinski definition) is 6. The van der Waals surface area contributed by atoms with Crippen molar-refractivity contribution in [1.82, 2.24) is 10.2 Å². The van der Waals surface area contributed by atoms with Gasteiger partial charge >= 0.3 is 5.97 Å². The quantitative estimate of drug-likeness (QED) is 0.252. The fourth-order valence-electron chi connectivity index (χ4n) is 5.82. The van der Waals surface area contributed by atoms with Crippen LogP contribution in [0.15, 0.2) is 42.5 Å². The summed E-state index contributed by atoms with van der Waals surface area (Å²) < 4.78 is 29.5. The zero-order valence-corrected chi connectivity index (χ0v) is 28.7. The lowest BCUT2D eigenvalue weighted by molar-refractivity contribution is -0.139. The van der Waals surface area contributed by atoms with Crippen LogP contribution < -0.4 is 5.32 Å². The Morgan fingerprint density at radius 2 is 1.71 bits per heavy atom. The van der Waals surface area contributed by atoms with Gasteiger partial charge in [-0.1, -0.05) is 76.8 Å². The summed E-state index contributed by atoms with van der Waals surface area (Å²) in [6.07, 6.45) is 10.9. The molecule has 2 aromatic rings. The molecule has 2 fully saturated rings. The van der Waals surface area contributed by atoms with Crippen LogP contribution in [0.5, 0.6) is 0 Å². The van der Waals surface area contributed by atoms with Gasteiger partial charge in [-0.25, -0.2) is 13.2 Å². The van der Waals surface area contributed by atoms with Crippen LogP contribution in [0, 0.1) is 12.8 Å². The van der Waals surface area contributed by atoms with Crippen molar-refractivity contribution in [1.29, 1.82) is 0 Å². The average molecular weight is 643 g/mol. The molecule has 1 aliphatic carbocycles. The highest BCUT2D eigenvalue weighted by Crippen LogP contribution is 2.30. The molecule has 2 N–H and O–H groups in total. The molecule has 45 heavy (non-hydrogen) atoms. The molecule has 1 saturated heterocycles. The number of nitrogens with zero attached hydrogens (tertiary/aromatic N) is 1. The van der Waals surface area contributed by atoms with Crippen LogP contribution in [0.1, 0.15) is 100 Å². The van der Waals surface area contributed by atoms with Crippen molar-refractivity contribution in [3.05, 3.63) is 59.2 Å². The second kappa shape index (κ2) is 17.8. The molecule has 2 aliphatic rings. The molecule has 0 radical (unpaired) electrons. The minimum Gasteiger partial charge on any atom is -0.480 e. The largest absolute Gasteiger partial charge is 0.480 e. The SMILES string of the molecule is CCC(C)C.Cc1ccccc1-c1cc(CN2CCCC2COC2CCCCC2)ccc1C(=O)NC(CCS(C)(=O)=O)C(=O)O. The molecule has 0 bridgehead atoms. The van der Waals surface area contributed by atoms with Crippen LogP contribution in [-0.2, 0) is 25.9 Å². The molecule has 2 atom stereocenters. The van der Waals surface area contributed by atoms with Gasteiger partial charge in [0.2, 0.25) is 0 Å². The summed E-state index contributed by atoms with van der Waals surface area (Å²) in [5.74, 6) is -1.24. The van der Waals surface area contributed by atoms with Gasteiger partial charge in [0.05, 0.1) is 18.5 Å². The van der Waals surface area contributed by atoms with Gasteiger partial charge < -0.3 is 15.2 Å². The predicted molar refractivity (Wildman–Crippen MR) is 181 cm³/mol. The van der Waals surface area contributed by atoms with E-state index >= 15 is 0 Å². The topological polar surface area (TPSA) is 113 Å². The lowest BCUT2D eigenvalue weighted by Gasteiger charge is -2.28. The molecule has 1 aliphatic heterocycles. The Bertz CT molecular complexity index is 1350. The second-order valence-electron chi connectivity index (χ2n) is 13.1. The highest BCUT2D eigenvalue weighted by atomic mass is 32.2. The maximum absolute atomic E-state index is 13.4. The number of nitrogens with one attached hydrogen (secondary N) is 1. The molecule has 8 nitrogen and oxygen atoms in total. The number of amides is 1. The van der Waals surface area contributed by atoms with Gasteiger partial charge in [-0.15, -0.1) is 0 Å². The maximum atomic E-state index is 13.4. The number of hydrogen-bond donors (Lipinski definition) is 2. The van der Waals surface area contributed by atoms with E-state index in [1.165, 1.54) is 25.7 Å². The standard InChI is InChI=1S/C31H42N2O6S.C5H12/c1-22-9-6-7-13-26(22)28-19-23(20-33-17-8-10-24(33)21-39-25-11-4-3-5-12-25)14-15-27(28)30(34)32-29(31(35)36)16-18-40(2,37)38;1-4-5(2)3/h6-7,9,13-15,19,24-25,29H,3-5,8,10-12,16-18,20-21H2,1-2H3,(H,32,34)(H,35,36);5H,4H2,1-3H3. The van der Waals surface area contributed by atoms with Crippen LogP contribution in [0.3, 0.4) is 0 Å². The summed E-state index contributed by atoms with van der Waals surface area (Å²) in [4.78, 5) is 27.6. The van der Waals surface area contributed by atoms with E-state index in [1.54, 1.807) is 6.07 Å². The summed E-state index contributed by atoms with van der Waals surface area (Å²) in [7, 11) is -3.37. The van der Waals surface area contributed by atoms with Crippen LogP contribution in [0.25, 0.3) is 11.1 Å². The molecule has 4 rings (SSSR count). The Morgan fingerprint density at radius 1 is 1.02 bits per heavy atom. The molecule has 1 amide bonds. The number of aliphatic carboxylic acids is 1. The number of carboxylic acid groups (broad SMARTS) is 1. The summed E-state index contributed by atoms with van der Waals surface area (Å²) in [6.45, 7) is 11.1. The highest BCUT2D eigenvalue weighted by Gasteiger charge is 2.28. The van der Waals surface area contributed by atoms with Crippen LogP contribution in [-0.4, -0.2) is 73.6 Å². The molecule has 1 heterocycles. The Balaban J connectivity index is 0.00000102. The summed E-state index contributed by atoms with van der Waals surface area (Å²) >= 11 is 0. The zero-order chi connectivity index (χ0) is 33.0. The number of carbonyl (C=O) groups excluding carboxylic acids is 1. The molecule has 0 spiro atoms. The summed E-state index contributed by atoms with van der Waals surface area (Å²) in [6, 6.07) is 12.6. The Morgan fingerprint density at radius 3 is 2.33 bits per heavy atom. The van der Waals surface area contributed by atoms with E-state index in [9.17, 15) is 23.1 Å². The third-order valence-corrected chi connectivity index (χ3v) is 9.90. The third-order valence-electron chi connectivity index (χ3n) is 8.92. The van der Waals surface area contributed by atoms with Crippen LogP contribution in [0.4, 0.5) is 0 Å². The van der Waals surface area contributed by atoms with E-state index in [-0.39, 0.29) is 12.2 Å². The zero-order valence-electron chi connectivity index (χ0n) is 27.9. The number of likely N-dealkylation sites (tertiary alicyclic amines) is 1. The van der Waals surface area contributed by atoms with E-state index in [2.05, 4.69) is 31.0 Å². The number of ether oxygens (including phenoxy) is 1. The molecular formula is C36H54N2O6S. The predicted octanol–water partition coefficient (Wildman–Crippen LogP) is 6.65. The van der Waals surface area contributed by atoms with Crippen molar-refractivity contribution in [2.45, 2.75) is 110 Å². The van der Waals surface area contributed by atoms with Gasteiger partial charge in [0, 0.05) is 24.4 Å². The van der Waals surface area contributed by atoms with Gasteiger partial charge in [-0.2, -0.15) is 0 Å². The number of aryl methyl sites for hydroxylation is 1. The first-order valence-electron chi connectivity index (χ1n) is 16.6. The van der Waals surface area contributed by atoms with Crippen molar-refractivity contribution in [2.75, 3.05) is 25.2 Å². The van der Waals surface area contributed by atoms with Gasteiger partial charge in [0.15, 0.2) is 0 Å². The van der Waals surface area contributed by atoms with E-state index in [1.807, 2.05) is 43.3 Å². The van der Waals surface area contributed by atoms with Gasteiger partial charge in [-0.3, -0.25) is 9.69 Å². The van der Waals surface area contributed by atoms with E-state index in [0.717, 1.165) is 79.8 Å². The molecule has 0 aromatic heterocycles. The second-order valence-corrected chi connectivity index (χ2v) is 15.4. The van der Waals surface area contributed by atoms with Crippen LogP contribution >= 0.6 is 0 Å². The molecule has 2 aromatic carbocycles. The van der Waals surface area contributed by atoms with Gasteiger partial charge in [-0.05, 0) is 85.9 Å². The van der Waals surface area contributed by atoms with E-state index in [4.69, 9.17) is 4.74 Å². The minimum atomic E-state index is -3.37. The average Bonchev–Trinajstić information content (AvgIpc) is 3.45. The summed E-state index contributed by atoms with van der Waals surface area (Å²) in [5.41, 5.74) is 4.07. The van der Waals surface area contributed by atoms with Gasteiger partial charge in [0.25, 0.3) is 5.91 Å². The number of carbonyl (C=O) groups is 2. The third kappa shape index (κ3) is 12.2. The maximum Gasteiger partial charge on any atom is 0.326 e. The lowest BCUT2D eigenvalue weighted by Crippen LogP contribution is -2.42. The smallest absolute Gasteiger partial charge is 0.326 e. The Hall–Kier alpha value is -2.75. The minimum absolute atomic E-state index is 0.197. The molecular weight excluding hydrogens is 588 g/mol. The molecule has 9 heteroatoms. The Labute approximate surface area is 270 Å². The molecule has 2 unspecified atom stereocenters. The number of rotatable bonds is 13. The van der Waals surface area contributed by atoms with Crippen molar-refractivity contribution >= 4 is 21.7 Å². The summed E-state index contributed by atoms with van der Waals surface area (Å²) in [5, 5.41) is 12.2.